The van der Waals surface area contributed by atoms with Crippen molar-refractivity contribution in [3.63, 3.8) is 0 Å². The van der Waals surface area contributed by atoms with Crippen molar-refractivity contribution < 1.29 is 22.7 Å². The Balaban J connectivity index is 1.79. The van der Waals surface area contributed by atoms with Crippen LogP contribution in [-0.2, 0) is 14.8 Å². The van der Waals surface area contributed by atoms with Crippen molar-refractivity contribution in [2.75, 3.05) is 25.5 Å². The maximum Gasteiger partial charge on any atom is 0.255 e. The van der Waals surface area contributed by atoms with Gasteiger partial charge in [0, 0.05) is 29.7 Å². The average molecular weight is 453 g/mol. The summed E-state index contributed by atoms with van der Waals surface area (Å²) in [5.74, 6) is 0.0568. The summed E-state index contributed by atoms with van der Waals surface area (Å²) >= 11 is 6.10. The van der Waals surface area contributed by atoms with Gasteiger partial charge in [0.2, 0.25) is 10.0 Å². The van der Waals surface area contributed by atoms with Crippen LogP contribution in [0.15, 0.2) is 41.3 Å². The number of morpholine rings is 1. The number of ether oxygens (including phenoxy) is 2. The molecule has 2 aromatic rings. The van der Waals surface area contributed by atoms with E-state index >= 15 is 0 Å². The zero-order chi connectivity index (χ0) is 22.1. The number of carbonyl (C=O) groups is 1. The zero-order valence-corrected chi connectivity index (χ0v) is 18.9. The Labute approximate surface area is 182 Å². The molecule has 2 atom stereocenters. The largest absolute Gasteiger partial charge is 0.495 e. The van der Waals surface area contributed by atoms with Gasteiger partial charge in [0.25, 0.3) is 5.91 Å². The summed E-state index contributed by atoms with van der Waals surface area (Å²) in [7, 11) is -2.17. The van der Waals surface area contributed by atoms with Crippen molar-refractivity contribution in [1.29, 1.82) is 0 Å². The number of anilines is 1. The molecule has 0 bridgehead atoms. The molecule has 1 N–H and O–H groups in total. The molecular formula is C21H25ClN2O5S. The second-order valence-electron chi connectivity index (χ2n) is 7.36. The average Bonchev–Trinajstić information content (AvgIpc) is 2.69. The standard InChI is InChI=1S/C21H25ClN2O5S/c1-13-9-19(20(28-4)10-18(13)22)23-21(25)16-5-7-17(8-6-16)30(26,27)24-11-14(2)29-15(3)12-24/h5-10,14-15H,11-12H2,1-4H3,(H,23,25)/t14-,15+. The third-order valence-corrected chi connectivity index (χ3v) is 7.12. The summed E-state index contributed by atoms with van der Waals surface area (Å²) in [6, 6.07) is 9.22. The van der Waals surface area contributed by atoms with E-state index in [4.69, 9.17) is 21.1 Å². The van der Waals surface area contributed by atoms with Crippen molar-refractivity contribution in [2.24, 2.45) is 0 Å². The minimum absolute atomic E-state index is 0.139. The maximum absolute atomic E-state index is 12.9. The molecule has 0 saturated carbocycles. The number of nitrogens with zero attached hydrogens (tertiary/aromatic N) is 1. The first kappa shape index (κ1) is 22.6. The molecule has 7 nitrogen and oxygen atoms in total. The van der Waals surface area contributed by atoms with Crippen LogP contribution in [0.3, 0.4) is 0 Å². The van der Waals surface area contributed by atoms with Gasteiger partial charge in [-0.3, -0.25) is 4.79 Å². The molecule has 1 amide bonds. The molecule has 1 aliphatic heterocycles. The van der Waals surface area contributed by atoms with E-state index in [0.29, 0.717) is 35.1 Å². The molecule has 2 aromatic carbocycles. The summed E-state index contributed by atoms with van der Waals surface area (Å²) in [6.45, 7) is 6.11. The molecule has 1 heterocycles. The van der Waals surface area contributed by atoms with E-state index in [1.165, 1.54) is 35.7 Å². The smallest absolute Gasteiger partial charge is 0.255 e. The summed E-state index contributed by atoms with van der Waals surface area (Å²) in [4.78, 5) is 12.8. The molecule has 0 aromatic heterocycles. The van der Waals surface area contributed by atoms with Crippen LogP contribution in [0.5, 0.6) is 5.75 Å². The fourth-order valence-corrected chi connectivity index (χ4v) is 5.12. The lowest BCUT2D eigenvalue weighted by Crippen LogP contribution is -2.48. The van der Waals surface area contributed by atoms with Gasteiger partial charge in [0.05, 0.1) is 29.9 Å². The van der Waals surface area contributed by atoms with Crippen LogP contribution >= 0.6 is 11.6 Å². The van der Waals surface area contributed by atoms with Gasteiger partial charge >= 0.3 is 0 Å². The number of methoxy groups -OCH3 is 1. The lowest BCUT2D eigenvalue weighted by atomic mass is 10.1. The highest BCUT2D eigenvalue weighted by Gasteiger charge is 2.32. The Hall–Kier alpha value is -2.13. The second-order valence-corrected chi connectivity index (χ2v) is 9.70. The molecule has 3 rings (SSSR count). The van der Waals surface area contributed by atoms with E-state index in [9.17, 15) is 13.2 Å². The number of sulfonamides is 1. The van der Waals surface area contributed by atoms with Gasteiger partial charge in [-0.25, -0.2) is 8.42 Å². The third-order valence-electron chi connectivity index (χ3n) is 4.87. The highest BCUT2D eigenvalue weighted by atomic mass is 35.5. The first-order valence-electron chi connectivity index (χ1n) is 9.53. The molecule has 30 heavy (non-hydrogen) atoms. The summed E-state index contributed by atoms with van der Waals surface area (Å²) < 4.78 is 38.2. The quantitative estimate of drug-likeness (QED) is 0.747. The van der Waals surface area contributed by atoms with E-state index in [-0.39, 0.29) is 23.0 Å². The number of hydrogen-bond acceptors (Lipinski definition) is 5. The third kappa shape index (κ3) is 4.78. The Bertz CT molecular complexity index is 1030. The summed E-state index contributed by atoms with van der Waals surface area (Å²) in [5, 5.41) is 3.31. The van der Waals surface area contributed by atoms with Crippen molar-refractivity contribution in [3.05, 3.63) is 52.5 Å². The minimum atomic E-state index is -3.66. The van der Waals surface area contributed by atoms with Crippen LogP contribution in [0.2, 0.25) is 5.02 Å². The van der Waals surface area contributed by atoms with Crippen LogP contribution in [0, 0.1) is 6.92 Å². The number of hydrogen-bond donors (Lipinski definition) is 1. The molecule has 0 aliphatic carbocycles. The Morgan fingerprint density at radius 2 is 1.77 bits per heavy atom. The van der Waals surface area contributed by atoms with Gasteiger partial charge in [-0.1, -0.05) is 11.6 Å². The Morgan fingerprint density at radius 3 is 2.33 bits per heavy atom. The van der Waals surface area contributed by atoms with Gasteiger partial charge < -0.3 is 14.8 Å². The van der Waals surface area contributed by atoms with Crippen molar-refractivity contribution in [2.45, 2.75) is 37.9 Å². The van der Waals surface area contributed by atoms with E-state index in [0.717, 1.165) is 5.56 Å². The lowest BCUT2D eigenvalue weighted by molar-refractivity contribution is -0.0440. The number of amides is 1. The minimum Gasteiger partial charge on any atom is -0.495 e. The Kier molecular flexibility index (Phi) is 6.71. The van der Waals surface area contributed by atoms with Gasteiger partial charge in [-0.15, -0.1) is 0 Å². The monoisotopic (exact) mass is 452 g/mol. The maximum atomic E-state index is 12.9. The van der Waals surface area contributed by atoms with Gasteiger partial charge in [0.1, 0.15) is 5.75 Å². The van der Waals surface area contributed by atoms with Crippen molar-refractivity contribution in [3.8, 4) is 5.75 Å². The molecule has 1 saturated heterocycles. The predicted octanol–water partition coefficient (Wildman–Crippen LogP) is 3.71. The second kappa shape index (κ2) is 8.93. The topological polar surface area (TPSA) is 84.9 Å². The molecular weight excluding hydrogens is 428 g/mol. The SMILES string of the molecule is COc1cc(Cl)c(C)cc1NC(=O)c1ccc(S(=O)(=O)N2C[C@@H](C)O[C@@H](C)C2)cc1. The lowest BCUT2D eigenvalue weighted by Gasteiger charge is -2.34. The first-order chi connectivity index (χ1) is 14.1. The molecule has 9 heteroatoms. The van der Waals surface area contributed by atoms with E-state index in [1.807, 2.05) is 20.8 Å². The number of aryl methyl sites for hydroxylation is 1. The molecule has 162 valence electrons. The fraction of sp³-hybridized carbons (Fsp3) is 0.381. The van der Waals surface area contributed by atoms with Crippen LogP contribution < -0.4 is 10.1 Å². The number of benzene rings is 2. The summed E-state index contributed by atoms with van der Waals surface area (Å²) in [5.41, 5.74) is 1.60. The highest BCUT2D eigenvalue weighted by Crippen LogP contribution is 2.31. The number of rotatable bonds is 5. The van der Waals surface area contributed by atoms with Gasteiger partial charge in [0.15, 0.2) is 0 Å². The van der Waals surface area contributed by atoms with E-state index in [2.05, 4.69) is 5.32 Å². The molecule has 0 radical (unpaired) electrons. The van der Waals surface area contributed by atoms with Gasteiger partial charge in [-0.2, -0.15) is 4.31 Å². The molecule has 0 spiro atoms. The fourth-order valence-electron chi connectivity index (χ4n) is 3.38. The van der Waals surface area contributed by atoms with Crippen LogP contribution in [0.4, 0.5) is 5.69 Å². The highest BCUT2D eigenvalue weighted by molar-refractivity contribution is 7.89. The normalized spacial score (nSPS) is 20.0. The van der Waals surface area contributed by atoms with Gasteiger partial charge in [-0.05, 0) is 56.7 Å². The van der Waals surface area contributed by atoms with Crippen LogP contribution in [-0.4, -0.2) is 51.0 Å². The molecule has 0 unspecified atom stereocenters. The van der Waals surface area contributed by atoms with E-state index < -0.39 is 10.0 Å². The zero-order valence-electron chi connectivity index (χ0n) is 17.3. The molecule has 1 aliphatic rings. The number of nitrogens with one attached hydrogen (secondary N) is 1. The first-order valence-corrected chi connectivity index (χ1v) is 11.3. The number of halogens is 1. The van der Waals surface area contributed by atoms with Crippen LogP contribution in [0.1, 0.15) is 29.8 Å². The van der Waals surface area contributed by atoms with Crippen LogP contribution in [0.25, 0.3) is 0 Å². The Morgan fingerprint density at radius 1 is 1.17 bits per heavy atom. The van der Waals surface area contributed by atoms with Crippen molar-refractivity contribution in [1.82, 2.24) is 4.31 Å². The van der Waals surface area contributed by atoms with Crippen molar-refractivity contribution >= 4 is 33.2 Å². The van der Waals surface area contributed by atoms with E-state index in [1.54, 1.807) is 12.1 Å². The molecule has 1 fully saturated rings. The summed E-state index contributed by atoms with van der Waals surface area (Å²) in [6.07, 6.45) is -0.349. The predicted molar refractivity (Wildman–Crippen MR) is 116 cm³/mol. The number of carbonyl (C=O) groups excluding carboxylic acids is 1.